The molecule has 0 aliphatic heterocycles. The van der Waals surface area contributed by atoms with E-state index in [1.54, 1.807) is 0 Å². The molecular formula is C54H34O2. The van der Waals surface area contributed by atoms with Gasteiger partial charge in [-0.05, 0) is 79.2 Å². The Bertz CT molecular complexity index is 2930. The lowest BCUT2D eigenvalue weighted by molar-refractivity contribution is 0.632. The lowest BCUT2D eigenvalue weighted by atomic mass is 9.85. The minimum atomic E-state index is 0.870. The van der Waals surface area contributed by atoms with Crippen LogP contribution in [0.4, 0.5) is 0 Å². The summed E-state index contributed by atoms with van der Waals surface area (Å²) >= 11 is 0. The van der Waals surface area contributed by atoms with E-state index in [2.05, 4.69) is 194 Å². The molecule has 2 heterocycles. The van der Waals surface area contributed by atoms with Gasteiger partial charge in [-0.15, -0.1) is 0 Å². The molecule has 2 heteroatoms. The van der Waals surface area contributed by atoms with Gasteiger partial charge in [0.1, 0.15) is 22.7 Å². The number of fused-ring (bicyclic) bond motifs is 4. The molecule has 0 saturated carbocycles. The Morgan fingerprint density at radius 2 is 0.518 bits per heavy atom. The molecule has 0 amide bonds. The van der Waals surface area contributed by atoms with Gasteiger partial charge in [0.15, 0.2) is 0 Å². The van der Waals surface area contributed by atoms with E-state index in [1.807, 2.05) is 12.1 Å². The van der Waals surface area contributed by atoms with Crippen LogP contribution in [0.25, 0.3) is 111 Å². The molecule has 262 valence electrons. The summed E-state index contributed by atoms with van der Waals surface area (Å²) in [5.74, 6) is 1.77. The molecule has 0 unspecified atom stereocenters. The summed E-state index contributed by atoms with van der Waals surface area (Å²) in [4.78, 5) is 0. The second-order valence-corrected chi connectivity index (χ2v) is 14.3. The number of rotatable bonds is 6. The molecular weight excluding hydrogens is 681 g/mol. The number of hydrogen-bond donors (Lipinski definition) is 0. The molecule has 2 aromatic heterocycles. The van der Waals surface area contributed by atoms with E-state index in [4.69, 9.17) is 8.83 Å². The van der Waals surface area contributed by atoms with Crippen molar-refractivity contribution in [2.45, 2.75) is 0 Å². The third-order valence-electron chi connectivity index (χ3n) is 11.1. The highest BCUT2D eigenvalue weighted by Gasteiger charge is 2.23. The number of furan rings is 2. The SMILES string of the molecule is c1ccc(-c2oc3ccc(-c4c5ccccc5c(-c5ccc6oc(-c7ccccc7)c(-c7ccccc7)c6c5)c5ccccc45)cc3c2-c2ccccc2)cc1. The summed E-state index contributed by atoms with van der Waals surface area (Å²) in [5, 5.41) is 7.00. The Labute approximate surface area is 324 Å². The Kier molecular flexibility index (Phi) is 7.53. The predicted octanol–water partition coefficient (Wildman–Crippen LogP) is 15.5. The van der Waals surface area contributed by atoms with E-state index < -0.39 is 0 Å². The van der Waals surface area contributed by atoms with E-state index in [-0.39, 0.29) is 0 Å². The zero-order valence-corrected chi connectivity index (χ0v) is 30.4. The largest absolute Gasteiger partial charge is 0.455 e. The van der Waals surface area contributed by atoms with Crippen LogP contribution in [-0.4, -0.2) is 0 Å². The van der Waals surface area contributed by atoms with Crippen LogP contribution in [0.1, 0.15) is 0 Å². The topological polar surface area (TPSA) is 26.3 Å². The minimum absolute atomic E-state index is 0.870. The molecule has 0 N–H and O–H groups in total. The van der Waals surface area contributed by atoms with Crippen molar-refractivity contribution in [3.63, 3.8) is 0 Å². The molecule has 56 heavy (non-hydrogen) atoms. The molecule has 0 aliphatic carbocycles. The van der Waals surface area contributed by atoms with Crippen molar-refractivity contribution in [1.82, 2.24) is 0 Å². The van der Waals surface area contributed by atoms with E-state index in [0.717, 1.165) is 78.0 Å². The van der Waals surface area contributed by atoms with Gasteiger partial charge < -0.3 is 8.83 Å². The van der Waals surface area contributed by atoms with Gasteiger partial charge in [-0.3, -0.25) is 0 Å². The average molecular weight is 715 g/mol. The summed E-state index contributed by atoms with van der Waals surface area (Å²) in [6.07, 6.45) is 0. The first-order valence-electron chi connectivity index (χ1n) is 19.1. The average Bonchev–Trinajstić information content (AvgIpc) is 3.85. The standard InChI is InChI=1S/C54H34O2/c1-5-17-35(18-6-1)51-45-33-39(29-31-47(45)55-53(51)37-21-9-3-10-22-37)49-41-25-13-15-27-43(41)50(44-28-16-14-26-42(44)49)40-30-32-48-46(34-40)52(36-19-7-2-8-20-36)54(56-48)38-23-11-4-12-24-38/h1-34H. The zero-order valence-electron chi connectivity index (χ0n) is 30.4. The highest BCUT2D eigenvalue weighted by molar-refractivity contribution is 6.22. The monoisotopic (exact) mass is 714 g/mol. The lowest BCUT2D eigenvalue weighted by Gasteiger charge is -2.18. The Morgan fingerprint density at radius 1 is 0.214 bits per heavy atom. The Balaban J connectivity index is 1.16. The molecule has 0 atom stereocenters. The van der Waals surface area contributed by atoms with Crippen molar-refractivity contribution in [1.29, 1.82) is 0 Å². The molecule has 0 radical (unpaired) electrons. The summed E-state index contributed by atoms with van der Waals surface area (Å²) in [7, 11) is 0. The number of hydrogen-bond acceptors (Lipinski definition) is 2. The molecule has 11 aromatic rings. The smallest absolute Gasteiger partial charge is 0.143 e. The van der Waals surface area contributed by atoms with Crippen LogP contribution in [-0.2, 0) is 0 Å². The molecule has 9 aromatic carbocycles. The van der Waals surface area contributed by atoms with E-state index in [1.165, 1.54) is 32.7 Å². The van der Waals surface area contributed by atoms with Gasteiger partial charge in [0.2, 0.25) is 0 Å². The van der Waals surface area contributed by atoms with Gasteiger partial charge in [-0.1, -0.05) is 182 Å². The summed E-state index contributed by atoms with van der Waals surface area (Å²) in [6, 6.07) is 73.1. The second-order valence-electron chi connectivity index (χ2n) is 14.3. The van der Waals surface area contributed by atoms with Gasteiger partial charge in [0.05, 0.1) is 0 Å². The maximum atomic E-state index is 6.68. The molecule has 0 spiro atoms. The van der Waals surface area contributed by atoms with Gasteiger partial charge in [-0.2, -0.15) is 0 Å². The fourth-order valence-corrected chi connectivity index (χ4v) is 8.63. The molecule has 0 bridgehead atoms. The quantitative estimate of drug-likeness (QED) is 0.160. The first kappa shape index (κ1) is 32.0. The predicted molar refractivity (Wildman–Crippen MR) is 234 cm³/mol. The molecule has 0 aliphatic rings. The van der Waals surface area contributed by atoms with Gasteiger partial charge in [0.25, 0.3) is 0 Å². The fraction of sp³-hybridized carbons (Fsp3) is 0. The van der Waals surface area contributed by atoms with Gasteiger partial charge in [0, 0.05) is 33.0 Å². The third kappa shape index (κ3) is 5.19. The van der Waals surface area contributed by atoms with Gasteiger partial charge in [-0.25, -0.2) is 0 Å². The first-order valence-corrected chi connectivity index (χ1v) is 19.1. The molecule has 11 rings (SSSR count). The fourth-order valence-electron chi connectivity index (χ4n) is 8.63. The Hall–Kier alpha value is -7.42. The van der Waals surface area contributed by atoms with Crippen molar-refractivity contribution in [3.8, 4) is 67.2 Å². The summed E-state index contributed by atoms with van der Waals surface area (Å²) < 4.78 is 13.4. The zero-order chi connectivity index (χ0) is 37.0. The van der Waals surface area contributed by atoms with E-state index in [9.17, 15) is 0 Å². The molecule has 0 fully saturated rings. The normalized spacial score (nSPS) is 11.6. The maximum absolute atomic E-state index is 6.68. The summed E-state index contributed by atoms with van der Waals surface area (Å²) in [6.45, 7) is 0. The van der Waals surface area contributed by atoms with Crippen LogP contribution >= 0.6 is 0 Å². The molecule has 2 nitrogen and oxygen atoms in total. The Morgan fingerprint density at radius 3 is 0.857 bits per heavy atom. The van der Waals surface area contributed by atoms with Crippen molar-refractivity contribution >= 4 is 43.5 Å². The van der Waals surface area contributed by atoms with Crippen molar-refractivity contribution in [3.05, 3.63) is 206 Å². The number of benzene rings is 9. The van der Waals surface area contributed by atoms with Crippen LogP contribution < -0.4 is 0 Å². The van der Waals surface area contributed by atoms with Crippen molar-refractivity contribution in [2.24, 2.45) is 0 Å². The second kappa shape index (κ2) is 13.2. The van der Waals surface area contributed by atoms with Crippen LogP contribution in [0.3, 0.4) is 0 Å². The first-order chi connectivity index (χ1) is 27.8. The van der Waals surface area contributed by atoms with Crippen LogP contribution in [0, 0.1) is 0 Å². The minimum Gasteiger partial charge on any atom is -0.455 e. The van der Waals surface area contributed by atoms with Crippen molar-refractivity contribution in [2.75, 3.05) is 0 Å². The van der Waals surface area contributed by atoms with E-state index in [0.29, 0.717) is 0 Å². The highest BCUT2D eigenvalue weighted by Crippen LogP contribution is 2.48. The van der Waals surface area contributed by atoms with Crippen molar-refractivity contribution < 1.29 is 8.83 Å². The van der Waals surface area contributed by atoms with E-state index >= 15 is 0 Å². The summed E-state index contributed by atoms with van der Waals surface area (Å²) in [5.41, 5.74) is 13.1. The van der Waals surface area contributed by atoms with Crippen LogP contribution in [0.15, 0.2) is 215 Å². The lowest BCUT2D eigenvalue weighted by Crippen LogP contribution is -1.91. The van der Waals surface area contributed by atoms with Crippen LogP contribution in [0.5, 0.6) is 0 Å². The van der Waals surface area contributed by atoms with Gasteiger partial charge >= 0.3 is 0 Å². The van der Waals surface area contributed by atoms with Crippen LogP contribution in [0.2, 0.25) is 0 Å². The third-order valence-corrected chi connectivity index (χ3v) is 11.1. The molecule has 0 saturated heterocycles. The highest BCUT2D eigenvalue weighted by atomic mass is 16.3. The maximum Gasteiger partial charge on any atom is 0.143 e.